The predicted molar refractivity (Wildman–Crippen MR) is 78.2 cm³/mol. The first-order valence-corrected chi connectivity index (χ1v) is 7.37. The number of ether oxygens (including phenoxy) is 4. The van der Waals surface area contributed by atoms with E-state index in [1.54, 1.807) is 0 Å². The quantitative estimate of drug-likeness (QED) is 0.359. The van der Waals surface area contributed by atoms with Crippen LogP contribution in [0, 0.1) is 5.92 Å². The Bertz CT molecular complexity index is 604. The molecule has 5 atom stereocenters. The van der Waals surface area contributed by atoms with Crippen LogP contribution in [0.5, 0.6) is 0 Å². The number of carbonyl (C=O) groups excluding carboxylic acids is 1. The highest BCUT2D eigenvalue weighted by atomic mass is 16.8. The maximum absolute atomic E-state index is 11.1. The molecule has 2 fully saturated rings. The molecule has 23 heavy (non-hydrogen) atoms. The lowest BCUT2D eigenvalue weighted by Crippen LogP contribution is -2.33. The minimum absolute atomic E-state index is 0.127. The van der Waals surface area contributed by atoms with E-state index in [0.717, 1.165) is 5.56 Å². The first-order valence-electron chi connectivity index (χ1n) is 7.37. The zero-order chi connectivity index (χ0) is 16.2. The molecule has 0 spiro atoms. The molecule has 2 saturated heterocycles. The third-order valence-electron chi connectivity index (χ3n) is 4.05. The molecule has 0 amide bonds. The molecule has 2 aliphatic rings. The lowest BCUT2D eigenvalue weighted by atomic mass is 9.96. The van der Waals surface area contributed by atoms with Crippen LogP contribution in [0.25, 0.3) is 10.4 Å². The summed E-state index contributed by atoms with van der Waals surface area (Å²) in [5.41, 5.74) is 9.77. The summed E-state index contributed by atoms with van der Waals surface area (Å²) in [6.07, 6.45) is -2.35. The van der Waals surface area contributed by atoms with E-state index in [9.17, 15) is 4.79 Å². The second kappa shape index (κ2) is 6.87. The zero-order valence-electron chi connectivity index (χ0n) is 12.6. The van der Waals surface area contributed by atoms with Gasteiger partial charge in [-0.1, -0.05) is 42.4 Å². The number of hydrogen-bond acceptors (Lipinski definition) is 6. The Labute approximate surface area is 132 Å². The molecule has 2 aliphatic heterocycles. The third kappa shape index (κ3) is 3.39. The van der Waals surface area contributed by atoms with E-state index in [2.05, 4.69) is 10.0 Å². The van der Waals surface area contributed by atoms with Gasteiger partial charge in [-0.25, -0.2) is 4.79 Å². The average molecular weight is 319 g/mol. The minimum atomic E-state index is -0.709. The van der Waals surface area contributed by atoms with Gasteiger partial charge in [-0.2, -0.15) is 0 Å². The SMILES string of the molecule is CC1[C@@H](N=[N+]=[N-])[C@@H](OCc2ccccc2)O[C@@H]1[C@@H]1COC(=O)O1. The van der Waals surface area contributed by atoms with E-state index in [-0.39, 0.29) is 12.5 Å². The van der Waals surface area contributed by atoms with Crippen LogP contribution in [0.1, 0.15) is 12.5 Å². The van der Waals surface area contributed by atoms with Crippen LogP contribution in [-0.4, -0.2) is 37.3 Å². The van der Waals surface area contributed by atoms with Crippen molar-refractivity contribution in [3.63, 3.8) is 0 Å². The van der Waals surface area contributed by atoms with E-state index >= 15 is 0 Å². The molecule has 0 radical (unpaired) electrons. The summed E-state index contributed by atoms with van der Waals surface area (Å²) in [4.78, 5) is 14.0. The second-order valence-electron chi connectivity index (χ2n) is 5.54. The molecule has 2 heterocycles. The van der Waals surface area contributed by atoms with Crippen molar-refractivity contribution in [1.29, 1.82) is 0 Å². The summed E-state index contributed by atoms with van der Waals surface area (Å²) in [5.74, 6) is -0.161. The topological polar surface area (TPSA) is 103 Å². The first-order chi connectivity index (χ1) is 11.2. The molecular weight excluding hydrogens is 302 g/mol. The van der Waals surface area contributed by atoms with E-state index < -0.39 is 30.7 Å². The number of azide groups is 1. The molecule has 0 saturated carbocycles. The summed E-state index contributed by atoms with van der Waals surface area (Å²) in [7, 11) is 0. The molecule has 1 aromatic carbocycles. The van der Waals surface area contributed by atoms with Gasteiger partial charge in [0.15, 0.2) is 12.4 Å². The van der Waals surface area contributed by atoms with Gasteiger partial charge in [-0.05, 0) is 17.0 Å². The van der Waals surface area contributed by atoms with Gasteiger partial charge < -0.3 is 18.9 Å². The average Bonchev–Trinajstić information content (AvgIpc) is 3.12. The van der Waals surface area contributed by atoms with Gasteiger partial charge in [-0.3, -0.25) is 0 Å². The highest BCUT2D eigenvalue weighted by molar-refractivity contribution is 5.62. The molecule has 0 N–H and O–H groups in total. The van der Waals surface area contributed by atoms with Crippen molar-refractivity contribution >= 4 is 6.16 Å². The van der Waals surface area contributed by atoms with Crippen LogP contribution < -0.4 is 0 Å². The number of carbonyl (C=O) groups is 1. The van der Waals surface area contributed by atoms with Crippen molar-refractivity contribution in [2.45, 2.75) is 38.1 Å². The third-order valence-corrected chi connectivity index (χ3v) is 4.05. The molecule has 122 valence electrons. The van der Waals surface area contributed by atoms with Crippen molar-refractivity contribution in [2.75, 3.05) is 6.61 Å². The highest BCUT2D eigenvalue weighted by Gasteiger charge is 2.49. The normalized spacial score (nSPS) is 32.9. The molecule has 1 aromatic rings. The van der Waals surface area contributed by atoms with Gasteiger partial charge in [-0.15, -0.1) is 0 Å². The Kier molecular flexibility index (Phi) is 4.66. The van der Waals surface area contributed by atoms with Crippen molar-refractivity contribution in [3.8, 4) is 0 Å². The second-order valence-corrected chi connectivity index (χ2v) is 5.54. The van der Waals surface area contributed by atoms with E-state index in [0.29, 0.717) is 6.61 Å². The number of hydrogen-bond donors (Lipinski definition) is 0. The Morgan fingerprint density at radius 1 is 1.39 bits per heavy atom. The Balaban J connectivity index is 1.68. The molecule has 3 rings (SSSR count). The summed E-state index contributed by atoms with van der Waals surface area (Å²) in [6, 6.07) is 9.13. The molecule has 8 nitrogen and oxygen atoms in total. The highest BCUT2D eigenvalue weighted by Crippen LogP contribution is 2.35. The summed E-state index contributed by atoms with van der Waals surface area (Å²) < 4.78 is 21.5. The Morgan fingerprint density at radius 3 is 2.83 bits per heavy atom. The van der Waals surface area contributed by atoms with Crippen LogP contribution in [0.3, 0.4) is 0 Å². The molecule has 0 aliphatic carbocycles. The Hall–Kier alpha value is -2.28. The molecular formula is C15H17N3O5. The number of rotatable bonds is 5. The fraction of sp³-hybridized carbons (Fsp3) is 0.533. The Morgan fingerprint density at radius 2 is 2.17 bits per heavy atom. The number of cyclic esters (lactones) is 2. The van der Waals surface area contributed by atoms with Crippen LogP contribution in [0.4, 0.5) is 4.79 Å². The van der Waals surface area contributed by atoms with Crippen molar-refractivity contribution in [1.82, 2.24) is 0 Å². The van der Waals surface area contributed by atoms with Crippen molar-refractivity contribution < 1.29 is 23.7 Å². The van der Waals surface area contributed by atoms with E-state index in [1.807, 2.05) is 37.3 Å². The molecule has 1 unspecified atom stereocenters. The molecule has 8 heteroatoms. The first kappa shape index (κ1) is 15.6. The van der Waals surface area contributed by atoms with Crippen molar-refractivity contribution in [2.24, 2.45) is 11.0 Å². The standard InChI is InChI=1S/C15H17N3O5/c1-9-12(17-18-16)14(20-7-10-5-3-2-4-6-10)23-13(9)11-8-21-15(19)22-11/h2-6,9,11-14H,7-8H2,1H3/t9?,11-,12+,13-,14-/m0/s1. The largest absolute Gasteiger partial charge is 0.508 e. The van der Waals surface area contributed by atoms with Crippen LogP contribution in [0.15, 0.2) is 35.4 Å². The maximum Gasteiger partial charge on any atom is 0.508 e. The fourth-order valence-corrected chi connectivity index (χ4v) is 2.84. The van der Waals surface area contributed by atoms with Gasteiger partial charge in [0.05, 0.1) is 12.6 Å². The van der Waals surface area contributed by atoms with Gasteiger partial charge in [0.25, 0.3) is 0 Å². The monoisotopic (exact) mass is 319 g/mol. The molecule has 0 aromatic heterocycles. The van der Waals surface area contributed by atoms with Gasteiger partial charge >= 0.3 is 6.16 Å². The summed E-state index contributed by atoms with van der Waals surface area (Å²) in [5, 5.41) is 3.79. The van der Waals surface area contributed by atoms with Crippen LogP contribution in [-0.2, 0) is 25.6 Å². The summed E-state index contributed by atoms with van der Waals surface area (Å²) in [6.45, 7) is 2.34. The lowest BCUT2D eigenvalue weighted by molar-refractivity contribution is -0.161. The van der Waals surface area contributed by atoms with Gasteiger partial charge in [0.2, 0.25) is 0 Å². The van der Waals surface area contributed by atoms with Crippen LogP contribution >= 0.6 is 0 Å². The molecule has 0 bridgehead atoms. The lowest BCUT2D eigenvalue weighted by Gasteiger charge is -2.19. The predicted octanol–water partition coefficient (Wildman–Crippen LogP) is 2.78. The van der Waals surface area contributed by atoms with Crippen molar-refractivity contribution in [3.05, 3.63) is 46.3 Å². The summed E-state index contributed by atoms with van der Waals surface area (Å²) >= 11 is 0. The van der Waals surface area contributed by atoms with Gasteiger partial charge in [0.1, 0.15) is 12.7 Å². The minimum Gasteiger partial charge on any atom is -0.430 e. The van der Waals surface area contributed by atoms with Crippen LogP contribution in [0.2, 0.25) is 0 Å². The maximum atomic E-state index is 11.1. The smallest absolute Gasteiger partial charge is 0.430 e. The van der Waals surface area contributed by atoms with Gasteiger partial charge in [0, 0.05) is 4.91 Å². The number of nitrogens with zero attached hydrogens (tertiary/aromatic N) is 3. The van der Waals surface area contributed by atoms with E-state index in [4.69, 9.17) is 24.5 Å². The van der Waals surface area contributed by atoms with E-state index in [1.165, 1.54) is 0 Å². The fourth-order valence-electron chi connectivity index (χ4n) is 2.84. The number of benzene rings is 1. The zero-order valence-corrected chi connectivity index (χ0v) is 12.6.